The Kier molecular flexibility index (Phi) is 5.26. The third-order valence-corrected chi connectivity index (χ3v) is 5.82. The quantitative estimate of drug-likeness (QED) is 0.706. The standard InChI is InChI=1S/C15H22N4O4S/c1-10(20)14-9-17-6-7-19(14)15(21)12-8-11(4-5-13(12)16)24(22,23)18(2)3/h4-5,8,14,17H,6-7,9,16H2,1-3H3. The molecule has 1 aromatic rings. The van der Waals surface area contributed by atoms with E-state index in [1.807, 2.05) is 0 Å². The molecule has 0 radical (unpaired) electrons. The van der Waals surface area contributed by atoms with E-state index in [0.29, 0.717) is 19.6 Å². The van der Waals surface area contributed by atoms with E-state index in [-0.39, 0.29) is 21.9 Å². The van der Waals surface area contributed by atoms with Gasteiger partial charge in [-0.25, -0.2) is 12.7 Å². The van der Waals surface area contributed by atoms with E-state index in [2.05, 4.69) is 5.32 Å². The highest BCUT2D eigenvalue weighted by Crippen LogP contribution is 2.22. The third kappa shape index (κ3) is 3.42. The molecule has 0 saturated carbocycles. The van der Waals surface area contributed by atoms with E-state index in [9.17, 15) is 18.0 Å². The minimum Gasteiger partial charge on any atom is -0.398 e. The van der Waals surface area contributed by atoms with Crippen molar-refractivity contribution in [2.45, 2.75) is 17.9 Å². The number of benzene rings is 1. The van der Waals surface area contributed by atoms with E-state index in [1.54, 1.807) is 0 Å². The minimum absolute atomic E-state index is 0.0143. The maximum Gasteiger partial charge on any atom is 0.256 e. The molecule has 3 N–H and O–H groups in total. The Balaban J connectivity index is 2.44. The van der Waals surface area contributed by atoms with Crippen LogP contribution in [0, 0.1) is 0 Å². The molecule has 1 amide bonds. The summed E-state index contributed by atoms with van der Waals surface area (Å²) in [5.74, 6) is -0.573. The molecule has 1 heterocycles. The molecule has 9 heteroatoms. The maximum absolute atomic E-state index is 12.8. The lowest BCUT2D eigenvalue weighted by molar-refractivity contribution is -0.121. The molecule has 0 aromatic heterocycles. The van der Waals surface area contributed by atoms with Crippen molar-refractivity contribution in [3.8, 4) is 0 Å². The van der Waals surface area contributed by atoms with Gasteiger partial charge < -0.3 is 16.0 Å². The number of hydrogen-bond acceptors (Lipinski definition) is 6. The molecule has 1 fully saturated rings. The van der Waals surface area contributed by atoms with Crippen molar-refractivity contribution in [1.29, 1.82) is 0 Å². The van der Waals surface area contributed by atoms with Crippen molar-refractivity contribution >= 4 is 27.4 Å². The summed E-state index contributed by atoms with van der Waals surface area (Å²) in [4.78, 5) is 26.0. The van der Waals surface area contributed by atoms with Gasteiger partial charge in [0.15, 0.2) is 5.78 Å². The summed E-state index contributed by atoms with van der Waals surface area (Å²) in [6.45, 7) is 2.71. The van der Waals surface area contributed by atoms with Gasteiger partial charge in [-0.2, -0.15) is 0 Å². The van der Waals surface area contributed by atoms with Gasteiger partial charge >= 0.3 is 0 Å². The third-order valence-electron chi connectivity index (χ3n) is 4.01. The molecular weight excluding hydrogens is 332 g/mol. The Morgan fingerprint density at radius 3 is 2.58 bits per heavy atom. The first-order valence-corrected chi connectivity index (χ1v) is 8.94. The summed E-state index contributed by atoms with van der Waals surface area (Å²) in [7, 11) is -0.859. The minimum atomic E-state index is -3.68. The van der Waals surface area contributed by atoms with Crippen LogP contribution in [-0.2, 0) is 14.8 Å². The zero-order valence-corrected chi connectivity index (χ0v) is 14.8. The SMILES string of the molecule is CC(=O)C1CNCCN1C(=O)c1cc(S(=O)(=O)N(C)C)ccc1N. The van der Waals surface area contributed by atoms with Crippen LogP contribution >= 0.6 is 0 Å². The van der Waals surface area contributed by atoms with Gasteiger partial charge in [0.05, 0.1) is 10.5 Å². The monoisotopic (exact) mass is 354 g/mol. The van der Waals surface area contributed by atoms with Crippen LogP contribution in [0.5, 0.6) is 0 Å². The summed E-state index contributed by atoms with van der Waals surface area (Å²) >= 11 is 0. The van der Waals surface area contributed by atoms with Gasteiger partial charge in [-0.1, -0.05) is 0 Å². The second-order valence-corrected chi connectivity index (χ2v) is 8.02. The number of rotatable bonds is 4. The molecule has 1 unspecified atom stereocenters. The van der Waals surface area contributed by atoms with Crippen molar-refractivity contribution in [2.24, 2.45) is 0 Å². The average Bonchev–Trinajstić information content (AvgIpc) is 2.54. The molecule has 1 atom stereocenters. The van der Waals surface area contributed by atoms with E-state index < -0.39 is 22.0 Å². The number of carbonyl (C=O) groups excluding carboxylic acids is 2. The average molecular weight is 354 g/mol. The van der Waals surface area contributed by atoms with E-state index >= 15 is 0 Å². The molecule has 0 bridgehead atoms. The first kappa shape index (κ1) is 18.4. The Bertz CT molecular complexity index is 761. The lowest BCUT2D eigenvalue weighted by atomic mass is 10.1. The number of hydrogen-bond donors (Lipinski definition) is 2. The fourth-order valence-corrected chi connectivity index (χ4v) is 3.49. The van der Waals surface area contributed by atoms with Gasteiger partial charge in [0.25, 0.3) is 5.91 Å². The number of amides is 1. The van der Waals surface area contributed by atoms with Gasteiger partial charge in [0.2, 0.25) is 10.0 Å². The number of anilines is 1. The van der Waals surface area contributed by atoms with Gasteiger partial charge in [-0.15, -0.1) is 0 Å². The zero-order valence-electron chi connectivity index (χ0n) is 13.9. The van der Waals surface area contributed by atoms with E-state index in [0.717, 1.165) is 4.31 Å². The summed E-state index contributed by atoms with van der Waals surface area (Å²) < 4.78 is 25.6. The summed E-state index contributed by atoms with van der Waals surface area (Å²) in [6, 6.07) is 3.45. The molecule has 1 aliphatic rings. The number of nitrogen functional groups attached to an aromatic ring is 1. The van der Waals surface area contributed by atoms with Crippen molar-refractivity contribution in [3.05, 3.63) is 23.8 Å². The molecule has 1 aliphatic heterocycles. The van der Waals surface area contributed by atoms with Gasteiger partial charge in [0, 0.05) is 39.4 Å². The Hall–Kier alpha value is -1.97. The fourth-order valence-electron chi connectivity index (χ4n) is 2.56. The Morgan fingerprint density at radius 1 is 1.33 bits per heavy atom. The highest BCUT2D eigenvalue weighted by Gasteiger charge is 2.32. The molecule has 0 spiro atoms. The second-order valence-electron chi connectivity index (χ2n) is 5.87. The molecule has 1 aromatic carbocycles. The number of nitrogens with zero attached hydrogens (tertiary/aromatic N) is 2. The number of ketones is 1. The van der Waals surface area contributed by atoms with Gasteiger partial charge in [-0.3, -0.25) is 9.59 Å². The normalized spacial score (nSPS) is 18.7. The smallest absolute Gasteiger partial charge is 0.256 e. The van der Waals surface area contributed by atoms with Crippen molar-refractivity contribution in [3.63, 3.8) is 0 Å². The van der Waals surface area contributed by atoms with Crippen molar-refractivity contribution < 1.29 is 18.0 Å². The predicted molar refractivity (Wildman–Crippen MR) is 90.1 cm³/mol. The van der Waals surface area contributed by atoms with E-state index in [4.69, 9.17) is 5.73 Å². The number of piperazine rings is 1. The molecule has 0 aliphatic carbocycles. The maximum atomic E-state index is 12.8. The number of nitrogens with two attached hydrogens (primary N) is 1. The van der Waals surface area contributed by atoms with Crippen LogP contribution in [0.25, 0.3) is 0 Å². The first-order valence-electron chi connectivity index (χ1n) is 7.50. The fraction of sp³-hybridized carbons (Fsp3) is 0.467. The second kappa shape index (κ2) is 6.88. The largest absolute Gasteiger partial charge is 0.398 e. The van der Waals surface area contributed by atoms with Crippen molar-refractivity contribution in [1.82, 2.24) is 14.5 Å². The number of Topliss-reactive ketones (excluding diaryl/α,β-unsaturated/α-hetero) is 1. The van der Waals surface area contributed by atoms with Crippen LogP contribution in [0.3, 0.4) is 0 Å². The highest BCUT2D eigenvalue weighted by molar-refractivity contribution is 7.89. The lowest BCUT2D eigenvalue weighted by Gasteiger charge is -2.35. The highest BCUT2D eigenvalue weighted by atomic mass is 32.2. The van der Waals surface area contributed by atoms with Gasteiger partial charge in [-0.05, 0) is 25.1 Å². The Labute approximate surface area is 141 Å². The molecule has 8 nitrogen and oxygen atoms in total. The summed E-state index contributed by atoms with van der Waals surface area (Å²) in [5.41, 5.74) is 6.15. The molecule has 24 heavy (non-hydrogen) atoms. The number of carbonyl (C=O) groups is 2. The van der Waals surface area contributed by atoms with E-state index in [1.165, 1.54) is 44.1 Å². The Morgan fingerprint density at radius 2 is 2.00 bits per heavy atom. The van der Waals surface area contributed by atoms with Crippen LogP contribution in [0.2, 0.25) is 0 Å². The number of nitrogens with one attached hydrogen (secondary N) is 1. The molecule has 1 saturated heterocycles. The van der Waals surface area contributed by atoms with Crippen LogP contribution in [-0.4, -0.2) is 69.1 Å². The van der Waals surface area contributed by atoms with Crippen LogP contribution in [0.15, 0.2) is 23.1 Å². The molecule has 2 rings (SSSR count). The first-order chi connectivity index (χ1) is 11.2. The lowest BCUT2D eigenvalue weighted by Crippen LogP contribution is -2.56. The predicted octanol–water partition coefficient (Wildman–Crippen LogP) is -0.478. The summed E-state index contributed by atoms with van der Waals surface area (Å²) in [5, 5.41) is 3.07. The van der Waals surface area contributed by atoms with Crippen molar-refractivity contribution in [2.75, 3.05) is 39.5 Å². The number of sulfonamides is 1. The zero-order chi connectivity index (χ0) is 18.1. The van der Waals surface area contributed by atoms with Crippen LogP contribution in [0.1, 0.15) is 17.3 Å². The topological polar surface area (TPSA) is 113 Å². The van der Waals surface area contributed by atoms with Gasteiger partial charge in [0.1, 0.15) is 6.04 Å². The molecular formula is C15H22N4O4S. The molecule has 132 valence electrons. The summed E-state index contributed by atoms with van der Waals surface area (Å²) in [6.07, 6.45) is 0. The van der Waals surface area contributed by atoms with Crippen LogP contribution < -0.4 is 11.1 Å². The van der Waals surface area contributed by atoms with Crippen LogP contribution in [0.4, 0.5) is 5.69 Å².